The van der Waals surface area contributed by atoms with Gasteiger partial charge in [0.1, 0.15) is 5.92 Å². The molecule has 0 aliphatic rings. The van der Waals surface area contributed by atoms with Gasteiger partial charge in [-0.05, 0) is 37.6 Å². The van der Waals surface area contributed by atoms with Gasteiger partial charge in [0.05, 0.1) is 12.2 Å². The number of nitrogens with two attached hydrogens (primary N) is 2. The van der Waals surface area contributed by atoms with Crippen LogP contribution in [-0.2, 0) is 9.53 Å². The van der Waals surface area contributed by atoms with E-state index in [2.05, 4.69) is 5.32 Å². The van der Waals surface area contributed by atoms with E-state index in [0.29, 0.717) is 5.56 Å². The van der Waals surface area contributed by atoms with Crippen LogP contribution in [0.2, 0.25) is 0 Å². The Morgan fingerprint density at radius 2 is 1.75 bits per heavy atom. The first-order valence-electron chi connectivity index (χ1n) is 8.62. The smallest absolute Gasteiger partial charge is 0.338 e. The number of rotatable bonds is 7. The van der Waals surface area contributed by atoms with Gasteiger partial charge in [-0.1, -0.05) is 30.3 Å². The quantitative estimate of drug-likeness (QED) is 0.320. The van der Waals surface area contributed by atoms with Crippen molar-refractivity contribution >= 4 is 23.5 Å². The number of anilines is 1. The molecule has 0 aromatic heterocycles. The van der Waals surface area contributed by atoms with Gasteiger partial charge < -0.3 is 26.6 Å². The molecule has 8 heteroatoms. The van der Waals surface area contributed by atoms with E-state index in [1.807, 2.05) is 0 Å². The average Bonchev–Trinajstić information content (AvgIpc) is 2.61. The standard InChI is InChI=1S/C20H23N3O5/c1-3-28-19(26)14-9-13(10-15(21)11-14)18(25)23-20(2,27)16(17(22)24)12-7-5-4-6-8-12/h4-11,16,27H,3,21H2,1-2H3,(H2,22,24)(H,23,25). The lowest BCUT2D eigenvalue weighted by Crippen LogP contribution is -2.54. The summed E-state index contributed by atoms with van der Waals surface area (Å²) in [6.45, 7) is 3.09. The molecule has 6 N–H and O–H groups in total. The molecule has 0 saturated carbocycles. The van der Waals surface area contributed by atoms with E-state index in [1.165, 1.54) is 25.1 Å². The molecule has 2 atom stereocenters. The van der Waals surface area contributed by atoms with Crippen LogP contribution in [0.4, 0.5) is 5.69 Å². The average molecular weight is 385 g/mol. The fraction of sp³-hybridized carbons (Fsp3) is 0.250. The lowest BCUT2D eigenvalue weighted by atomic mass is 9.88. The second-order valence-corrected chi connectivity index (χ2v) is 6.41. The molecule has 0 aliphatic carbocycles. The van der Waals surface area contributed by atoms with Gasteiger partial charge in [0.25, 0.3) is 5.91 Å². The first-order chi connectivity index (χ1) is 13.2. The maximum absolute atomic E-state index is 12.7. The van der Waals surface area contributed by atoms with Crippen LogP contribution in [0.25, 0.3) is 0 Å². The Balaban J connectivity index is 2.32. The van der Waals surface area contributed by atoms with Crippen molar-refractivity contribution in [3.05, 3.63) is 65.2 Å². The molecule has 2 unspecified atom stereocenters. The molecule has 148 valence electrons. The van der Waals surface area contributed by atoms with Crippen LogP contribution in [-0.4, -0.2) is 35.2 Å². The number of carbonyl (C=O) groups is 3. The predicted octanol–water partition coefficient (Wildman–Crippen LogP) is 1.15. The van der Waals surface area contributed by atoms with Gasteiger partial charge in [-0.3, -0.25) is 9.59 Å². The van der Waals surface area contributed by atoms with Crippen LogP contribution in [0.5, 0.6) is 0 Å². The largest absolute Gasteiger partial charge is 0.462 e. The molecule has 0 spiro atoms. The first-order valence-corrected chi connectivity index (χ1v) is 8.62. The highest BCUT2D eigenvalue weighted by Crippen LogP contribution is 2.27. The van der Waals surface area contributed by atoms with E-state index < -0.39 is 29.4 Å². The van der Waals surface area contributed by atoms with Crippen molar-refractivity contribution in [2.24, 2.45) is 5.73 Å². The molecule has 0 radical (unpaired) electrons. The van der Waals surface area contributed by atoms with Gasteiger partial charge in [-0.25, -0.2) is 4.79 Å². The SMILES string of the molecule is CCOC(=O)c1cc(N)cc(C(=O)NC(C)(O)C(C(N)=O)c2ccccc2)c1. The minimum Gasteiger partial charge on any atom is -0.462 e. The van der Waals surface area contributed by atoms with Crippen LogP contribution in [0.3, 0.4) is 0 Å². The van der Waals surface area contributed by atoms with Crippen molar-refractivity contribution in [2.45, 2.75) is 25.5 Å². The first kappa shape index (κ1) is 20.9. The van der Waals surface area contributed by atoms with E-state index in [0.717, 1.165) is 0 Å². The molecule has 28 heavy (non-hydrogen) atoms. The van der Waals surface area contributed by atoms with Gasteiger partial charge in [-0.15, -0.1) is 0 Å². The van der Waals surface area contributed by atoms with Crippen LogP contribution in [0.15, 0.2) is 48.5 Å². The molecule has 8 nitrogen and oxygen atoms in total. The Labute approximate surface area is 162 Å². The van der Waals surface area contributed by atoms with Crippen molar-refractivity contribution in [1.82, 2.24) is 5.32 Å². The highest BCUT2D eigenvalue weighted by molar-refractivity contribution is 6.00. The summed E-state index contributed by atoms with van der Waals surface area (Å²) in [5, 5.41) is 13.2. The molecular formula is C20H23N3O5. The van der Waals surface area contributed by atoms with Gasteiger partial charge in [0.15, 0.2) is 5.72 Å². The topological polar surface area (TPSA) is 145 Å². The van der Waals surface area contributed by atoms with E-state index in [9.17, 15) is 19.5 Å². The Bertz CT molecular complexity index is 881. The second-order valence-electron chi connectivity index (χ2n) is 6.41. The number of primary amides is 1. The molecule has 0 fully saturated rings. The number of ether oxygens (including phenoxy) is 1. The lowest BCUT2D eigenvalue weighted by molar-refractivity contribution is -0.126. The Morgan fingerprint density at radius 3 is 2.32 bits per heavy atom. The number of carbonyl (C=O) groups excluding carboxylic acids is 3. The van der Waals surface area contributed by atoms with Crippen LogP contribution in [0, 0.1) is 0 Å². The van der Waals surface area contributed by atoms with Crippen molar-refractivity contribution < 1.29 is 24.2 Å². The number of esters is 1. The van der Waals surface area contributed by atoms with E-state index in [4.69, 9.17) is 16.2 Å². The summed E-state index contributed by atoms with van der Waals surface area (Å²) in [5.74, 6) is -3.36. The van der Waals surface area contributed by atoms with E-state index >= 15 is 0 Å². The summed E-state index contributed by atoms with van der Waals surface area (Å²) in [6, 6.07) is 12.4. The fourth-order valence-electron chi connectivity index (χ4n) is 2.90. The van der Waals surface area contributed by atoms with E-state index in [1.54, 1.807) is 37.3 Å². The second kappa shape index (κ2) is 8.53. The lowest BCUT2D eigenvalue weighted by Gasteiger charge is -2.32. The maximum atomic E-state index is 12.7. The van der Waals surface area contributed by atoms with Gasteiger partial charge >= 0.3 is 5.97 Å². The number of hydrogen-bond donors (Lipinski definition) is 4. The Hall–Kier alpha value is -3.39. The highest BCUT2D eigenvalue weighted by atomic mass is 16.5. The number of aliphatic hydroxyl groups is 1. The van der Waals surface area contributed by atoms with Gasteiger partial charge in [0, 0.05) is 11.3 Å². The van der Waals surface area contributed by atoms with Crippen LogP contribution in [0.1, 0.15) is 46.0 Å². The van der Waals surface area contributed by atoms with Gasteiger partial charge in [-0.2, -0.15) is 0 Å². The monoisotopic (exact) mass is 385 g/mol. The molecule has 2 rings (SSSR count). The predicted molar refractivity (Wildman–Crippen MR) is 103 cm³/mol. The number of amides is 2. The van der Waals surface area contributed by atoms with Crippen molar-refractivity contribution in [3.8, 4) is 0 Å². The molecule has 0 heterocycles. The number of nitrogen functional groups attached to an aromatic ring is 1. The summed E-state index contributed by atoms with van der Waals surface area (Å²) in [6.07, 6.45) is 0. The summed E-state index contributed by atoms with van der Waals surface area (Å²) < 4.78 is 4.91. The molecule has 2 amide bonds. The number of hydrogen-bond acceptors (Lipinski definition) is 6. The van der Waals surface area contributed by atoms with Crippen molar-refractivity contribution in [3.63, 3.8) is 0 Å². The summed E-state index contributed by atoms with van der Waals surface area (Å²) in [7, 11) is 0. The Morgan fingerprint density at radius 1 is 1.14 bits per heavy atom. The van der Waals surface area contributed by atoms with Crippen LogP contribution >= 0.6 is 0 Å². The molecule has 0 aliphatic heterocycles. The third-order valence-electron chi connectivity index (χ3n) is 4.07. The summed E-state index contributed by atoms with van der Waals surface area (Å²) in [4.78, 5) is 36.6. The fourth-order valence-corrected chi connectivity index (χ4v) is 2.90. The normalized spacial score (nSPS) is 13.8. The minimum atomic E-state index is -1.99. The summed E-state index contributed by atoms with van der Waals surface area (Å²) >= 11 is 0. The zero-order valence-corrected chi connectivity index (χ0v) is 15.6. The molecule has 2 aromatic carbocycles. The number of benzene rings is 2. The zero-order valence-electron chi connectivity index (χ0n) is 15.6. The van der Waals surface area contributed by atoms with Crippen LogP contribution < -0.4 is 16.8 Å². The maximum Gasteiger partial charge on any atom is 0.338 e. The van der Waals surface area contributed by atoms with Crippen molar-refractivity contribution in [2.75, 3.05) is 12.3 Å². The molecule has 2 aromatic rings. The molecular weight excluding hydrogens is 362 g/mol. The minimum absolute atomic E-state index is 0.0274. The van der Waals surface area contributed by atoms with Gasteiger partial charge in [0.2, 0.25) is 5.91 Å². The highest BCUT2D eigenvalue weighted by Gasteiger charge is 2.39. The zero-order chi connectivity index (χ0) is 20.9. The third-order valence-corrected chi connectivity index (χ3v) is 4.07. The van der Waals surface area contributed by atoms with Crippen molar-refractivity contribution in [1.29, 1.82) is 0 Å². The van der Waals surface area contributed by atoms with E-state index in [-0.39, 0.29) is 23.4 Å². The molecule has 0 bridgehead atoms. The number of nitrogens with one attached hydrogen (secondary N) is 1. The third kappa shape index (κ3) is 4.86. The summed E-state index contributed by atoms with van der Waals surface area (Å²) in [5.41, 5.74) is 9.98. The molecule has 0 saturated heterocycles. The Kier molecular flexibility index (Phi) is 6.37.